The topological polar surface area (TPSA) is 92.2 Å². The molecular formula is C36H39F4N3O5. The Balaban J connectivity index is 1.35. The summed E-state index contributed by atoms with van der Waals surface area (Å²) in [5, 5.41) is 9.30. The summed E-state index contributed by atoms with van der Waals surface area (Å²) in [5.74, 6) is -2.80. The molecule has 1 aliphatic carbocycles. The average Bonchev–Trinajstić information content (AvgIpc) is 3.84. The molecule has 48 heavy (non-hydrogen) atoms. The molecule has 8 nitrogen and oxygen atoms in total. The highest BCUT2D eigenvalue weighted by Gasteiger charge is 2.57. The molecule has 3 heterocycles. The normalized spacial score (nSPS) is 25.1. The van der Waals surface area contributed by atoms with Gasteiger partial charge in [-0.3, -0.25) is 9.69 Å². The summed E-state index contributed by atoms with van der Waals surface area (Å²) >= 11 is 0. The number of amides is 1. The predicted octanol–water partition coefficient (Wildman–Crippen LogP) is 6.41. The molecule has 1 aromatic heterocycles. The summed E-state index contributed by atoms with van der Waals surface area (Å²) in [6, 6.07) is 13.4. The van der Waals surface area contributed by atoms with E-state index in [-0.39, 0.29) is 49.5 Å². The van der Waals surface area contributed by atoms with Crippen molar-refractivity contribution in [1.29, 1.82) is 0 Å². The summed E-state index contributed by atoms with van der Waals surface area (Å²) in [6.45, 7) is 0.812. The lowest BCUT2D eigenvalue weighted by Crippen LogP contribution is -2.50. The van der Waals surface area contributed by atoms with Crippen LogP contribution in [0.1, 0.15) is 64.7 Å². The first kappa shape index (κ1) is 33.9. The van der Waals surface area contributed by atoms with E-state index in [1.54, 1.807) is 19.2 Å². The van der Waals surface area contributed by atoms with Crippen LogP contribution in [0, 0.1) is 5.92 Å². The Kier molecular flexibility index (Phi) is 9.50. The van der Waals surface area contributed by atoms with Gasteiger partial charge in [-0.05, 0) is 59.9 Å². The maximum Gasteiger partial charge on any atom is 0.416 e. The molecule has 1 N–H and O–H groups in total. The van der Waals surface area contributed by atoms with Crippen molar-refractivity contribution in [3.63, 3.8) is 0 Å². The second-order valence-electron chi connectivity index (χ2n) is 13.1. The van der Waals surface area contributed by atoms with Gasteiger partial charge in [0.2, 0.25) is 5.67 Å². The molecular weight excluding hydrogens is 630 g/mol. The number of hydrogen-bond donors (Lipinski definition) is 1. The number of benzene rings is 2. The molecule has 0 unspecified atom stereocenters. The molecule has 6 rings (SSSR count). The van der Waals surface area contributed by atoms with Crippen molar-refractivity contribution in [3.05, 3.63) is 83.2 Å². The molecule has 0 bridgehead atoms. The van der Waals surface area contributed by atoms with E-state index in [1.165, 1.54) is 36.4 Å². The van der Waals surface area contributed by atoms with Crippen molar-refractivity contribution in [2.75, 3.05) is 47.0 Å². The number of alkyl halides is 4. The molecule has 256 valence electrons. The van der Waals surface area contributed by atoms with E-state index < -0.39 is 41.1 Å². The van der Waals surface area contributed by atoms with Gasteiger partial charge in [-0.2, -0.15) is 13.2 Å². The van der Waals surface area contributed by atoms with Crippen molar-refractivity contribution in [1.82, 2.24) is 14.8 Å². The largest absolute Gasteiger partial charge is 0.497 e. The SMILES string of the molecule is COC[C@H]1CN(C(=O)[C@]2(F)CN(C3CCCC3)C[C@H]2c2ccc(OC)cc2)C[C@@H]1c1ccc(C(F)(F)F)cc1-c1ccc(C(=O)O)nc1. The number of ether oxygens (including phenoxy) is 2. The van der Waals surface area contributed by atoms with Gasteiger partial charge >= 0.3 is 12.1 Å². The van der Waals surface area contributed by atoms with Gasteiger partial charge in [0.15, 0.2) is 0 Å². The number of halogens is 4. The van der Waals surface area contributed by atoms with Crippen molar-refractivity contribution < 1.29 is 41.7 Å². The molecule has 1 amide bonds. The highest BCUT2D eigenvalue weighted by atomic mass is 19.4. The summed E-state index contributed by atoms with van der Waals surface area (Å²) in [5.41, 5.74) is -1.60. The minimum absolute atomic E-state index is 0.0313. The van der Waals surface area contributed by atoms with Crippen LogP contribution >= 0.6 is 0 Å². The second kappa shape index (κ2) is 13.5. The first-order valence-electron chi connectivity index (χ1n) is 16.2. The number of hydrogen-bond acceptors (Lipinski definition) is 6. The van der Waals surface area contributed by atoms with Crippen LogP contribution in [0.4, 0.5) is 17.6 Å². The van der Waals surface area contributed by atoms with Gasteiger partial charge in [0.05, 0.1) is 19.3 Å². The van der Waals surface area contributed by atoms with Gasteiger partial charge in [-0.1, -0.05) is 37.1 Å². The van der Waals surface area contributed by atoms with Crippen LogP contribution in [0.5, 0.6) is 5.75 Å². The summed E-state index contributed by atoms with van der Waals surface area (Å²) in [6.07, 6.45) is 0.657. The molecule has 3 fully saturated rings. The molecule has 4 atom stereocenters. The van der Waals surface area contributed by atoms with E-state index in [2.05, 4.69) is 9.88 Å². The minimum atomic E-state index is -4.63. The van der Waals surface area contributed by atoms with Gasteiger partial charge in [0.25, 0.3) is 5.91 Å². The Labute approximate surface area is 276 Å². The number of carboxylic acid groups (broad SMARTS) is 1. The Morgan fingerprint density at radius 1 is 1.00 bits per heavy atom. The molecule has 0 radical (unpaired) electrons. The summed E-state index contributed by atoms with van der Waals surface area (Å²) < 4.78 is 70.1. The van der Waals surface area contributed by atoms with Gasteiger partial charge in [-0.15, -0.1) is 0 Å². The zero-order chi connectivity index (χ0) is 34.2. The number of likely N-dealkylation sites (tertiary alicyclic amines) is 2. The molecule has 3 aromatic rings. The molecule has 1 saturated carbocycles. The maximum absolute atomic E-state index is 17.6. The first-order chi connectivity index (χ1) is 22.9. The zero-order valence-corrected chi connectivity index (χ0v) is 26.9. The average molecular weight is 670 g/mol. The van der Waals surface area contributed by atoms with E-state index in [9.17, 15) is 27.9 Å². The number of carboxylic acids is 1. The van der Waals surface area contributed by atoms with E-state index in [4.69, 9.17) is 9.47 Å². The van der Waals surface area contributed by atoms with Gasteiger partial charge in [0.1, 0.15) is 11.4 Å². The van der Waals surface area contributed by atoms with E-state index in [0.29, 0.717) is 29.0 Å². The Morgan fingerprint density at radius 2 is 1.73 bits per heavy atom. The number of carbonyl (C=O) groups excluding carboxylic acids is 1. The summed E-state index contributed by atoms with van der Waals surface area (Å²) in [4.78, 5) is 33.4. The fraction of sp³-hybridized carbons (Fsp3) is 0.472. The van der Waals surface area contributed by atoms with Gasteiger partial charge in [-0.25, -0.2) is 14.2 Å². The number of methoxy groups -OCH3 is 2. The predicted molar refractivity (Wildman–Crippen MR) is 170 cm³/mol. The highest BCUT2D eigenvalue weighted by Crippen LogP contribution is 2.46. The maximum atomic E-state index is 17.6. The molecule has 2 aromatic carbocycles. The van der Waals surface area contributed by atoms with Crippen LogP contribution in [0.2, 0.25) is 0 Å². The molecule has 0 spiro atoms. The number of pyridine rings is 1. The summed E-state index contributed by atoms with van der Waals surface area (Å²) in [7, 11) is 3.07. The third kappa shape index (κ3) is 6.52. The number of nitrogens with zero attached hydrogens (tertiary/aromatic N) is 3. The first-order valence-corrected chi connectivity index (χ1v) is 16.2. The Hall–Kier alpha value is -4.03. The second-order valence-corrected chi connectivity index (χ2v) is 13.1. The fourth-order valence-corrected chi connectivity index (χ4v) is 7.84. The van der Waals surface area contributed by atoms with Crippen LogP contribution in [0.15, 0.2) is 60.8 Å². The fourth-order valence-electron chi connectivity index (χ4n) is 7.84. The van der Waals surface area contributed by atoms with Crippen LogP contribution < -0.4 is 4.74 Å². The van der Waals surface area contributed by atoms with Crippen LogP contribution in [-0.4, -0.2) is 90.5 Å². The highest BCUT2D eigenvalue weighted by molar-refractivity contribution is 5.88. The lowest BCUT2D eigenvalue weighted by atomic mass is 9.84. The Morgan fingerprint density at radius 3 is 2.33 bits per heavy atom. The van der Waals surface area contributed by atoms with E-state index in [1.807, 2.05) is 12.1 Å². The lowest BCUT2D eigenvalue weighted by molar-refractivity contribution is -0.143. The van der Waals surface area contributed by atoms with Crippen LogP contribution in [-0.2, 0) is 15.7 Å². The van der Waals surface area contributed by atoms with Crippen LogP contribution in [0.25, 0.3) is 11.1 Å². The van der Waals surface area contributed by atoms with Gasteiger partial charge in [0, 0.05) is 68.8 Å². The number of rotatable bonds is 9. The number of carbonyl (C=O) groups is 2. The van der Waals surface area contributed by atoms with Crippen molar-refractivity contribution in [2.45, 2.75) is 55.4 Å². The third-order valence-electron chi connectivity index (χ3n) is 10.3. The Bertz CT molecular complexity index is 1630. The molecule has 2 saturated heterocycles. The zero-order valence-electron chi connectivity index (χ0n) is 26.9. The standard InChI is InChI=1S/C36H39F4N3O5/c1-47-20-24-17-42(18-30(24)28-13-10-25(36(38,39)40)15-29(28)23-9-14-32(33(44)45)41-16-23)34(46)35(37)21-43(26-5-3-4-6-26)19-31(35)22-7-11-27(48-2)12-8-22/h7-16,24,26,30-31H,3-6,17-21H2,1-2H3,(H,44,45)/t24-,30+,31+,35+/m1/s1. The van der Waals surface area contributed by atoms with Crippen LogP contribution in [0.3, 0.4) is 0 Å². The molecule has 3 aliphatic rings. The lowest BCUT2D eigenvalue weighted by Gasteiger charge is -2.31. The molecule has 2 aliphatic heterocycles. The quantitative estimate of drug-likeness (QED) is 0.263. The monoisotopic (exact) mass is 669 g/mol. The smallest absolute Gasteiger partial charge is 0.416 e. The third-order valence-corrected chi connectivity index (χ3v) is 10.3. The van der Waals surface area contributed by atoms with Gasteiger partial charge < -0.3 is 19.5 Å². The van der Waals surface area contributed by atoms with Crippen molar-refractivity contribution in [2.24, 2.45) is 5.92 Å². The van der Waals surface area contributed by atoms with E-state index in [0.717, 1.165) is 37.8 Å². The number of aromatic nitrogens is 1. The van der Waals surface area contributed by atoms with E-state index >= 15 is 4.39 Å². The molecule has 12 heteroatoms. The number of aromatic carboxylic acids is 1. The van der Waals surface area contributed by atoms with Crippen molar-refractivity contribution in [3.8, 4) is 16.9 Å². The van der Waals surface area contributed by atoms with Crippen molar-refractivity contribution >= 4 is 11.9 Å². The minimum Gasteiger partial charge on any atom is -0.497 e.